The highest BCUT2D eigenvalue weighted by Crippen LogP contribution is 2.21. The van der Waals surface area contributed by atoms with Crippen LogP contribution in [0.1, 0.15) is 6.42 Å². The Bertz CT molecular complexity index is 390. The first-order chi connectivity index (χ1) is 8.70. The van der Waals surface area contributed by atoms with Gasteiger partial charge in [0.05, 0.1) is 5.69 Å². The minimum absolute atomic E-state index is 0.481. The maximum Gasteiger partial charge on any atom is 0.149 e. The van der Waals surface area contributed by atoms with Crippen LogP contribution in [-0.4, -0.2) is 44.2 Å². The SMILES string of the molecule is NCCCN1CCN(c2ccc(F)cc2F)CC1. The van der Waals surface area contributed by atoms with Gasteiger partial charge in [-0.25, -0.2) is 8.78 Å². The summed E-state index contributed by atoms with van der Waals surface area (Å²) in [5.74, 6) is -1.01. The molecule has 100 valence electrons. The molecule has 1 aromatic carbocycles. The second-order valence-corrected chi connectivity index (χ2v) is 4.57. The van der Waals surface area contributed by atoms with Gasteiger partial charge in [-0.2, -0.15) is 0 Å². The minimum Gasteiger partial charge on any atom is -0.367 e. The molecule has 2 rings (SSSR count). The highest BCUT2D eigenvalue weighted by atomic mass is 19.1. The van der Waals surface area contributed by atoms with Crippen molar-refractivity contribution in [3.05, 3.63) is 29.8 Å². The van der Waals surface area contributed by atoms with Gasteiger partial charge in [-0.15, -0.1) is 0 Å². The summed E-state index contributed by atoms with van der Waals surface area (Å²) in [6.07, 6.45) is 0.991. The molecule has 1 aliphatic heterocycles. The predicted molar refractivity (Wildman–Crippen MR) is 68.7 cm³/mol. The summed E-state index contributed by atoms with van der Waals surface area (Å²) in [5.41, 5.74) is 5.97. The Morgan fingerprint density at radius 2 is 1.83 bits per heavy atom. The molecule has 1 fully saturated rings. The monoisotopic (exact) mass is 255 g/mol. The van der Waals surface area contributed by atoms with Crippen molar-refractivity contribution in [3.63, 3.8) is 0 Å². The summed E-state index contributed by atoms with van der Waals surface area (Å²) in [7, 11) is 0. The van der Waals surface area contributed by atoms with Crippen LogP contribution in [0.4, 0.5) is 14.5 Å². The van der Waals surface area contributed by atoms with Gasteiger partial charge in [0, 0.05) is 32.2 Å². The van der Waals surface area contributed by atoms with Crippen molar-refractivity contribution in [2.75, 3.05) is 44.2 Å². The molecule has 0 unspecified atom stereocenters. The molecule has 0 aromatic heterocycles. The molecule has 18 heavy (non-hydrogen) atoms. The van der Waals surface area contributed by atoms with Crippen LogP contribution in [0, 0.1) is 11.6 Å². The van der Waals surface area contributed by atoms with Crippen molar-refractivity contribution in [1.29, 1.82) is 0 Å². The lowest BCUT2D eigenvalue weighted by Crippen LogP contribution is -2.47. The van der Waals surface area contributed by atoms with Crippen LogP contribution in [0.5, 0.6) is 0 Å². The molecular weight excluding hydrogens is 236 g/mol. The largest absolute Gasteiger partial charge is 0.367 e. The van der Waals surface area contributed by atoms with Crippen LogP contribution in [0.2, 0.25) is 0 Å². The van der Waals surface area contributed by atoms with Crippen molar-refractivity contribution in [2.45, 2.75) is 6.42 Å². The zero-order chi connectivity index (χ0) is 13.0. The summed E-state index contributed by atoms with van der Waals surface area (Å²) < 4.78 is 26.5. The van der Waals surface area contributed by atoms with E-state index in [0.29, 0.717) is 12.2 Å². The third-order valence-electron chi connectivity index (χ3n) is 3.30. The van der Waals surface area contributed by atoms with E-state index >= 15 is 0 Å². The minimum atomic E-state index is -0.530. The number of rotatable bonds is 4. The third-order valence-corrected chi connectivity index (χ3v) is 3.30. The van der Waals surface area contributed by atoms with Gasteiger partial charge in [0.25, 0.3) is 0 Å². The topological polar surface area (TPSA) is 32.5 Å². The van der Waals surface area contributed by atoms with Crippen LogP contribution in [0.25, 0.3) is 0 Å². The smallest absolute Gasteiger partial charge is 0.149 e. The molecule has 5 heteroatoms. The lowest BCUT2D eigenvalue weighted by Gasteiger charge is -2.36. The van der Waals surface area contributed by atoms with Crippen molar-refractivity contribution >= 4 is 5.69 Å². The standard InChI is InChI=1S/C13H19F2N3/c14-11-2-3-13(12(15)10-11)18-8-6-17(7-9-18)5-1-4-16/h2-3,10H,1,4-9,16H2. The van der Waals surface area contributed by atoms with E-state index in [2.05, 4.69) is 4.90 Å². The van der Waals surface area contributed by atoms with E-state index in [1.165, 1.54) is 12.1 Å². The van der Waals surface area contributed by atoms with Gasteiger partial charge in [0.1, 0.15) is 11.6 Å². The van der Waals surface area contributed by atoms with E-state index in [4.69, 9.17) is 5.73 Å². The van der Waals surface area contributed by atoms with Crippen LogP contribution in [0.3, 0.4) is 0 Å². The Balaban J connectivity index is 1.93. The molecule has 0 saturated carbocycles. The maximum atomic E-state index is 13.6. The molecule has 0 aliphatic carbocycles. The molecule has 0 radical (unpaired) electrons. The quantitative estimate of drug-likeness (QED) is 0.883. The van der Waals surface area contributed by atoms with Gasteiger partial charge in [-0.1, -0.05) is 0 Å². The van der Waals surface area contributed by atoms with Crippen LogP contribution >= 0.6 is 0 Å². The zero-order valence-electron chi connectivity index (χ0n) is 10.4. The van der Waals surface area contributed by atoms with Crippen molar-refractivity contribution < 1.29 is 8.78 Å². The number of piperazine rings is 1. The summed E-state index contributed by atoms with van der Waals surface area (Å²) in [5, 5.41) is 0. The van der Waals surface area contributed by atoms with E-state index in [9.17, 15) is 8.78 Å². The van der Waals surface area contributed by atoms with Gasteiger partial charge in [-0.3, -0.25) is 4.90 Å². The van der Waals surface area contributed by atoms with Crippen molar-refractivity contribution in [3.8, 4) is 0 Å². The zero-order valence-corrected chi connectivity index (χ0v) is 10.4. The van der Waals surface area contributed by atoms with Gasteiger partial charge in [0.2, 0.25) is 0 Å². The molecule has 3 nitrogen and oxygen atoms in total. The normalized spacial score (nSPS) is 17.2. The number of anilines is 1. The van der Waals surface area contributed by atoms with Gasteiger partial charge < -0.3 is 10.6 Å². The average molecular weight is 255 g/mol. The maximum absolute atomic E-state index is 13.6. The number of benzene rings is 1. The molecule has 2 N–H and O–H groups in total. The van der Waals surface area contributed by atoms with Crippen LogP contribution in [-0.2, 0) is 0 Å². The highest BCUT2D eigenvalue weighted by Gasteiger charge is 2.19. The van der Waals surface area contributed by atoms with Gasteiger partial charge in [-0.05, 0) is 31.6 Å². The Morgan fingerprint density at radius 3 is 2.44 bits per heavy atom. The Hall–Kier alpha value is -1.20. The first-order valence-electron chi connectivity index (χ1n) is 6.33. The van der Waals surface area contributed by atoms with Crippen molar-refractivity contribution in [1.82, 2.24) is 4.90 Å². The van der Waals surface area contributed by atoms with E-state index in [0.717, 1.165) is 45.2 Å². The van der Waals surface area contributed by atoms with E-state index < -0.39 is 11.6 Å². The van der Waals surface area contributed by atoms with E-state index in [-0.39, 0.29) is 0 Å². The summed E-state index contributed by atoms with van der Waals surface area (Å²) in [4.78, 5) is 4.29. The summed E-state index contributed by atoms with van der Waals surface area (Å²) in [6.45, 7) is 5.04. The number of nitrogens with two attached hydrogens (primary N) is 1. The van der Waals surface area contributed by atoms with E-state index in [1.807, 2.05) is 4.90 Å². The Labute approximate surface area is 106 Å². The fourth-order valence-corrected chi connectivity index (χ4v) is 2.27. The van der Waals surface area contributed by atoms with Crippen LogP contribution in [0.15, 0.2) is 18.2 Å². The fourth-order valence-electron chi connectivity index (χ4n) is 2.27. The first kappa shape index (κ1) is 13.2. The molecule has 1 aliphatic rings. The lowest BCUT2D eigenvalue weighted by atomic mass is 10.2. The van der Waals surface area contributed by atoms with Crippen LogP contribution < -0.4 is 10.6 Å². The predicted octanol–water partition coefficient (Wildman–Crippen LogP) is 1.44. The molecule has 0 spiro atoms. The number of halogens is 2. The Morgan fingerprint density at radius 1 is 1.11 bits per heavy atom. The summed E-state index contributed by atoms with van der Waals surface area (Å²) in [6, 6.07) is 3.76. The first-order valence-corrected chi connectivity index (χ1v) is 6.33. The second kappa shape index (κ2) is 6.11. The summed E-state index contributed by atoms with van der Waals surface area (Å²) >= 11 is 0. The average Bonchev–Trinajstić information content (AvgIpc) is 2.37. The molecule has 1 saturated heterocycles. The molecule has 0 amide bonds. The number of hydrogen-bond acceptors (Lipinski definition) is 3. The highest BCUT2D eigenvalue weighted by molar-refractivity contribution is 5.48. The second-order valence-electron chi connectivity index (χ2n) is 4.57. The fraction of sp³-hybridized carbons (Fsp3) is 0.538. The molecule has 0 bridgehead atoms. The lowest BCUT2D eigenvalue weighted by molar-refractivity contribution is 0.255. The molecule has 0 atom stereocenters. The molecular formula is C13H19F2N3. The van der Waals surface area contributed by atoms with E-state index in [1.54, 1.807) is 0 Å². The number of nitrogens with zero attached hydrogens (tertiary/aromatic N) is 2. The van der Waals surface area contributed by atoms with Gasteiger partial charge in [0.15, 0.2) is 0 Å². The molecule has 1 aromatic rings. The Kier molecular flexibility index (Phi) is 4.49. The van der Waals surface area contributed by atoms with Crippen molar-refractivity contribution in [2.24, 2.45) is 5.73 Å². The number of hydrogen-bond donors (Lipinski definition) is 1. The van der Waals surface area contributed by atoms with Gasteiger partial charge >= 0.3 is 0 Å². The third kappa shape index (κ3) is 3.17. The molecule has 1 heterocycles.